The molecule has 5 saturated carbocycles. The normalized spacial score (nSPS) is 26.0. The van der Waals surface area contributed by atoms with E-state index in [9.17, 15) is 0 Å². The van der Waals surface area contributed by atoms with E-state index in [4.69, 9.17) is 0 Å². The van der Waals surface area contributed by atoms with Crippen LogP contribution in [0.25, 0.3) is 64.3 Å². The van der Waals surface area contributed by atoms with Crippen molar-refractivity contribution in [3.8, 4) is 33.4 Å². The van der Waals surface area contributed by atoms with Gasteiger partial charge in [-0.1, -0.05) is 147 Å². The van der Waals surface area contributed by atoms with Crippen LogP contribution in [0.5, 0.6) is 0 Å². The van der Waals surface area contributed by atoms with Gasteiger partial charge in [-0.25, -0.2) is 0 Å². The first-order chi connectivity index (χ1) is 31.2. The van der Waals surface area contributed by atoms with Crippen molar-refractivity contribution >= 4 is 59.3 Å². The zero-order chi connectivity index (χ0) is 41.0. The van der Waals surface area contributed by atoms with E-state index in [1.165, 1.54) is 138 Å². The molecule has 1 heterocycles. The zero-order valence-corrected chi connectivity index (χ0v) is 36.4. The fourth-order valence-corrected chi connectivity index (χ4v) is 16.7. The molecule has 0 aliphatic heterocycles. The van der Waals surface area contributed by atoms with Gasteiger partial charge in [-0.15, -0.1) is 11.3 Å². The van der Waals surface area contributed by atoms with Gasteiger partial charge in [-0.3, -0.25) is 0 Å². The van der Waals surface area contributed by atoms with Crippen molar-refractivity contribution < 1.29 is 0 Å². The molecular formula is C61H49NS. The van der Waals surface area contributed by atoms with Crippen LogP contribution in [0.2, 0.25) is 0 Å². The first-order valence-corrected chi connectivity index (χ1v) is 24.7. The number of thiophene rings is 1. The monoisotopic (exact) mass is 827 g/mol. The van der Waals surface area contributed by atoms with Crippen molar-refractivity contribution in [1.82, 2.24) is 0 Å². The van der Waals surface area contributed by atoms with E-state index in [0.29, 0.717) is 11.3 Å². The predicted molar refractivity (Wildman–Crippen MR) is 265 cm³/mol. The molecule has 0 bridgehead atoms. The van der Waals surface area contributed by atoms with Crippen molar-refractivity contribution in [2.75, 3.05) is 4.90 Å². The van der Waals surface area contributed by atoms with E-state index < -0.39 is 0 Å². The van der Waals surface area contributed by atoms with Gasteiger partial charge in [0.2, 0.25) is 0 Å². The van der Waals surface area contributed by atoms with Crippen LogP contribution >= 0.6 is 11.3 Å². The minimum atomic E-state index is 0.141. The lowest BCUT2D eigenvalue weighted by Gasteiger charge is -2.92. The number of anilines is 3. The molecule has 15 rings (SSSR count). The third-order valence-electron chi connectivity index (χ3n) is 17.9. The minimum Gasteiger partial charge on any atom is -0.310 e. The highest BCUT2D eigenvalue weighted by Gasteiger charge is 2.90. The van der Waals surface area contributed by atoms with Crippen LogP contribution in [-0.4, -0.2) is 0 Å². The van der Waals surface area contributed by atoms with Crippen molar-refractivity contribution in [1.29, 1.82) is 0 Å². The molecule has 6 aliphatic rings. The second-order valence-corrected chi connectivity index (χ2v) is 21.2. The molecule has 9 aromatic rings. The van der Waals surface area contributed by atoms with Gasteiger partial charge in [0.05, 0.1) is 5.69 Å². The summed E-state index contributed by atoms with van der Waals surface area (Å²) in [5.74, 6) is 4.12. The highest BCUT2D eigenvalue weighted by Crippen LogP contribution is 2.94. The number of nitrogens with zero attached hydrogens (tertiary/aromatic N) is 1. The van der Waals surface area contributed by atoms with Gasteiger partial charge in [0.25, 0.3) is 0 Å². The minimum absolute atomic E-state index is 0.141. The molecule has 4 atom stereocenters. The lowest BCUT2D eigenvalue weighted by molar-refractivity contribution is -0.412. The summed E-state index contributed by atoms with van der Waals surface area (Å²) in [7, 11) is 0. The Morgan fingerprint density at radius 1 is 0.476 bits per heavy atom. The lowest BCUT2D eigenvalue weighted by atomic mass is 9.11. The molecule has 63 heavy (non-hydrogen) atoms. The molecule has 304 valence electrons. The Kier molecular flexibility index (Phi) is 7.23. The number of rotatable bonds is 6. The molecule has 8 aromatic carbocycles. The molecule has 0 radical (unpaired) electrons. The standard InChI is InChI=1S/C61H49NS/c1-2-14-37(15-3-1)44-23-11-16-38-17-12-25-49(58(38)44)48-21-5-8-27-53(48)62(42-19-10-18-39(32-42)45-24-13-29-55-59(45)50-22-6-9-28-54(50)63-55)43-30-31-47-46-20-4-7-26-51(46)61(52(47)36-43)56-34-40-33-41-35-57(61)60(40,41)56/h4-13,16-32,36-37,40-41,56-57H,1-3,14-15,33-35H2. The second kappa shape index (κ2) is 12.8. The van der Waals surface area contributed by atoms with Crippen molar-refractivity contribution in [3.05, 3.63) is 187 Å². The Labute approximate surface area is 374 Å². The molecule has 1 aromatic heterocycles. The quantitative estimate of drug-likeness (QED) is 0.161. The maximum Gasteiger partial charge on any atom is 0.0540 e. The predicted octanol–water partition coefficient (Wildman–Crippen LogP) is 17.0. The molecule has 0 amide bonds. The van der Waals surface area contributed by atoms with Crippen LogP contribution in [0.4, 0.5) is 17.1 Å². The molecule has 6 aliphatic carbocycles. The number of hydrogen-bond donors (Lipinski definition) is 0. The van der Waals surface area contributed by atoms with Crippen LogP contribution in [0, 0.1) is 29.1 Å². The summed E-state index contributed by atoms with van der Waals surface area (Å²) in [5.41, 5.74) is 17.4. The van der Waals surface area contributed by atoms with Crippen LogP contribution in [-0.2, 0) is 5.41 Å². The molecule has 1 nitrogen and oxygen atoms in total. The van der Waals surface area contributed by atoms with Crippen LogP contribution in [0.1, 0.15) is 74.0 Å². The molecule has 2 spiro atoms. The van der Waals surface area contributed by atoms with Crippen molar-refractivity contribution in [2.24, 2.45) is 29.1 Å². The first-order valence-electron chi connectivity index (χ1n) is 23.9. The summed E-state index contributed by atoms with van der Waals surface area (Å²) >= 11 is 1.90. The summed E-state index contributed by atoms with van der Waals surface area (Å²) in [5, 5.41) is 5.49. The number of fused-ring (bicyclic) bond motifs is 11. The summed E-state index contributed by atoms with van der Waals surface area (Å²) < 4.78 is 2.69. The Morgan fingerprint density at radius 3 is 2.03 bits per heavy atom. The molecular weight excluding hydrogens is 779 g/mol. The molecule has 2 heteroatoms. The average molecular weight is 828 g/mol. The van der Waals surface area contributed by atoms with E-state index >= 15 is 0 Å². The Morgan fingerprint density at radius 2 is 1.16 bits per heavy atom. The smallest absolute Gasteiger partial charge is 0.0540 e. The Bertz CT molecular complexity index is 3350. The summed E-state index contributed by atoms with van der Waals surface area (Å²) in [6.07, 6.45) is 10.9. The van der Waals surface area contributed by atoms with Gasteiger partial charge in [0.15, 0.2) is 0 Å². The van der Waals surface area contributed by atoms with Gasteiger partial charge < -0.3 is 4.90 Å². The van der Waals surface area contributed by atoms with Crippen LogP contribution in [0.3, 0.4) is 0 Å². The number of para-hydroxylation sites is 1. The first kappa shape index (κ1) is 35.5. The van der Waals surface area contributed by atoms with Gasteiger partial charge in [0.1, 0.15) is 0 Å². The van der Waals surface area contributed by atoms with Gasteiger partial charge in [-0.2, -0.15) is 0 Å². The molecule has 5 fully saturated rings. The third kappa shape index (κ3) is 4.44. The Hall–Kier alpha value is -5.96. The molecule has 0 saturated heterocycles. The van der Waals surface area contributed by atoms with Gasteiger partial charge in [0, 0.05) is 42.5 Å². The molecule has 0 N–H and O–H groups in total. The summed E-state index contributed by atoms with van der Waals surface area (Å²) in [6, 6.07) is 65.9. The maximum absolute atomic E-state index is 2.68. The van der Waals surface area contributed by atoms with E-state index in [1.807, 2.05) is 11.3 Å². The fourth-order valence-electron chi connectivity index (χ4n) is 15.6. The summed E-state index contributed by atoms with van der Waals surface area (Å²) in [4.78, 5) is 2.63. The van der Waals surface area contributed by atoms with Crippen molar-refractivity contribution in [3.63, 3.8) is 0 Å². The van der Waals surface area contributed by atoms with Gasteiger partial charge >= 0.3 is 0 Å². The highest BCUT2D eigenvalue weighted by molar-refractivity contribution is 7.25. The van der Waals surface area contributed by atoms with Gasteiger partial charge in [-0.05, 0) is 165 Å². The summed E-state index contributed by atoms with van der Waals surface area (Å²) in [6.45, 7) is 0. The lowest BCUT2D eigenvalue weighted by Crippen LogP contribution is -2.88. The van der Waals surface area contributed by atoms with E-state index in [-0.39, 0.29) is 5.41 Å². The average Bonchev–Trinajstić information content (AvgIpc) is 3.85. The Balaban J connectivity index is 0.962. The SMILES string of the molecule is c1cc(-c2cccc3sc4ccccc4c23)cc(N(c2ccc3c(c2)C2(c4ccccc4-3)C3CC4CC5CC2C453)c2ccccc2-c2cccc3cccc(C4CCCCC4)c23)c1. The number of benzene rings is 8. The van der Waals surface area contributed by atoms with Crippen LogP contribution in [0.15, 0.2) is 170 Å². The third-order valence-corrected chi connectivity index (χ3v) is 19.1. The van der Waals surface area contributed by atoms with E-state index in [1.54, 1.807) is 11.1 Å². The van der Waals surface area contributed by atoms with E-state index in [2.05, 4.69) is 175 Å². The van der Waals surface area contributed by atoms with Crippen LogP contribution < -0.4 is 4.90 Å². The van der Waals surface area contributed by atoms with Crippen molar-refractivity contribution in [2.45, 2.75) is 62.7 Å². The zero-order valence-electron chi connectivity index (χ0n) is 35.6. The number of hydrogen-bond acceptors (Lipinski definition) is 2. The second-order valence-electron chi connectivity index (χ2n) is 20.1. The highest BCUT2D eigenvalue weighted by atomic mass is 32.1. The largest absolute Gasteiger partial charge is 0.310 e. The molecule has 4 unspecified atom stereocenters. The van der Waals surface area contributed by atoms with E-state index in [0.717, 1.165) is 23.7 Å². The topological polar surface area (TPSA) is 3.24 Å². The fraction of sp³-hybridized carbons (Fsp3) is 0.246. The maximum atomic E-state index is 2.68.